The number of halogens is 1. The molecular weight excluding hydrogens is 346 g/mol. The summed E-state index contributed by atoms with van der Waals surface area (Å²) in [5.41, 5.74) is 1.52. The van der Waals surface area contributed by atoms with Gasteiger partial charge in [0.15, 0.2) is 0 Å². The molecule has 0 saturated carbocycles. The van der Waals surface area contributed by atoms with E-state index in [1.54, 1.807) is 17.8 Å². The fourth-order valence-electron chi connectivity index (χ4n) is 2.98. The number of urea groups is 1. The van der Waals surface area contributed by atoms with E-state index in [1.807, 2.05) is 12.1 Å². The molecule has 1 aliphatic heterocycles. The number of carbonyl (C=O) groups is 3. The topological polar surface area (TPSA) is 87.5 Å². The highest BCUT2D eigenvalue weighted by Crippen LogP contribution is 2.26. The summed E-state index contributed by atoms with van der Waals surface area (Å²) in [5, 5.41) is 8.48. The van der Waals surface area contributed by atoms with Gasteiger partial charge < -0.3 is 10.2 Å². The Balaban J connectivity index is 1.70. The van der Waals surface area contributed by atoms with Crippen LogP contribution in [0, 0.1) is 0 Å². The Morgan fingerprint density at radius 2 is 2.00 bits per heavy atom. The SMILES string of the molecule is CN1C(=O)[C@H](CC(=O)NCc2nn(C)c3cccc(Cl)c23)N(C)C1=O. The summed E-state index contributed by atoms with van der Waals surface area (Å²) < 4.78 is 1.70. The van der Waals surface area contributed by atoms with Gasteiger partial charge in [-0.2, -0.15) is 5.10 Å². The van der Waals surface area contributed by atoms with Crippen LogP contribution in [0.3, 0.4) is 0 Å². The van der Waals surface area contributed by atoms with Gasteiger partial charge in [-0.3, -0.25) is 19.2 Å². The summed E-state index contributed by atoms with van der Waals surface area (Å²) in [6, 6.07) is 4.31. The molecule has 1 fully saturated rings. The van der Waals surface area contributed by atoms with Gasteiger partial charge in [0.05, 0.1) is 29.2 Å². The fourth-order valence-corrected chi connectivity index (χ4v) is 3.26. The monoisotopic (exact) mass is 363 g/mol. The van der Waals surface area contributed by atoms with Crippen molar-refractivity contribution in [2.75, 3.05) is 14.1 Å². The molecule has 0 spiro atoms. The third-order valence-corrected chi connectivity index (χ3v) is 4.72. The van der Waals surface area contributed by atoms with E-state index in [0.717, 1.165) is 15.8 Å². The van der Waals surface area contributed by atoms with E-state index in [0.29, 0.717) is 10.7 Å². The number of aryl methyl sites for hydroxylation is 1. The van der Waals surface area contributed by atoms with Crippen LogP contribution in [0.2, 0.25) is 5.02 Å². The number of benzene rings is 1. The molecule has 3 rings (SSSR count). The summed E-state index contributed by atoms with van der Waals surface area (Å²) >= 11 is 6.24. The predicted octanol–water partition coefficient (Wildman–Crippen LogP) is 1.13. The second kappa shape index (κ2) is 6.36. The first kappa shape index (κ1) is 17.2. The maximum Gasteiger partial charge on any atom is 0.326 e. The minimum atomic E-state index is -0.776. The van der Waals surface area contributed by atoms with E-state index < -0.39 is 12.1 Å². The molecule has 0 aliphatic carbocycles. The first-order valence-electron chi connectivity index (χ1n) is 7.72. The number of carbonyl (C=O) groups excluding carboxylic acids is 3. The number of aromatic nitrogens is 2. The molecule has 1 saturated heterocycles. The number of nitrogens with one attached hydrogen (secondary N) is 1. The van der Waals surface area contributed by atoms with Crippen LogP contribution in [0.1, 0.15) is 12.1 Å². The highest BCUT2D eigenvalue weighted by molar-refractivity contribution is 6.35. The predicted molar refractivity (Wildman–Crippen MR) is 91.9 cm³/mol. The molecule has 1 aliphatic rings. The Morgan fingerprint density at radius 1 is 1.28 bits per heavy atom. The lowest BCUT2D eigenvalue weighted by atomic mass is 10.1. The molecule has 8 nitrogen and oxygen atoms in total. The van der Waals surface area contributed by atoms with Crippen molar-refractivity contribution in [3.63, 3.8) is 0 Å². The molecule has 132 valence electrons. The normalized spacial score (nSPS) is 17.7. The van der Waals surface area contributed by atoms with Crippen LogP contribution in [0.25, 0.3) is 10.9 Å². The Morgan fingerprint density at radius 3 is 2.64 bits per heavy atom. The Hall–Kier alpha value is -2.61. The van der Waals surface area contributed by atoms with Crippen LogP contribution in [0.5, 0.6) is 0 Å². The molecule has 4 amide bonds. The van der Waals surface area contributed by atoms with Gasteiger partial charge in [-0.15, -0.1) is 0 Å². The average molecular weight is 364 g/mol. The van der Waals surface area contributed by atoms with Crippen LogP contribution < -0.4 is 5.32 Å². The minimum Gasteiger partial charge on any atom is -0.350 e. The van der Waals surface area contributed by atoms with Gasteiger partial charge in [0.1, 0.15) is 6.04 Å². The van der Waals surface area contributed by atoms with Gasteiger partial charge in [0.25, 0.3) is 5.91 Å². The lowest BCUT2D eigenvalue weighted by Gasteiger charge is -2.15. The van der Waals surface area contributed by atoms with Crippen LogP contribution >= 0.6 is 11.6 Å². The van der Waals surface area contributed by atoms with Crippen molar-refractivity contribution in [1.29, 1.82) is 0 Å². The van der Waals surface area contributed by atoms with Crippen LogP contribution in [-0.2, 0) is 23.2 Å². The number of nitrogens with zero attached hydrogens (tertiary/aromatic N) is 4. The summed E-state index contributed by atoms with van der Waals surface area (Å²) in [6.07, 6.45) is -0.0933. The van der Waals surface area contributed by atoms with Crippen molar-refractivity contribution in [3.05, 3.63) is 28.9 Å². The zero-order valence-corrected chi connectivity index (χ0v) is 14.9. The number of amides is 4. The number of rotatable bonds is 4. The maximum atomic E-state index is 12.2. The van der Waals surface area contributed by atoms with Crippen molar-refractivity contribution in [2.45, 2.75) is 19.0 Å². The lowest BCUT2D eigenvalue weighted by Crippen LogP contribution is -2.37. The van der Waals surface area contributed by atoms with E-state index in [4.69, 9.17) is 11.6 Å². The van der Waals surface area contributed by atoms with Gasteiger partial charge in [-0.05, 0) is 12.1 Å². The largest absolute Gasteiger partial charge is 0.350 e. The molecular formula is C16H18ClN5O3. The third-order valence-electron chi connectivity index (χ3n) is 4.40. The van der Waals surface area contributed by atoms with Crippen molar-refractivity contribution in [3.8, 4) is 0 Å². The molecule has 9 heteroatoms. The summed E-state index contributed by atoms with van der Waals surface area (Å²) in [6.45, 7) is 0.189. The van der Waals surface area contributed by atoms with Gasteiger partial charge in [0.2, 0.25) is 5.91 Å². The number of imide groups is 1. The van der Waals surface area contributed by atoms with E-state index in [-0.39, 0.29) is 24.8 Å². The number of hydrogen-bond acceptors (Lipinski definition) is 4. The van der Waals surface area contributed by atoms with Crippen molar-refractivity contribution < 1.29 is 14.4 Å². The molecule has 0 radical (unpaired) electrons. The molecule has 0 bridgehead atoms. The average Bonchev–Trinajstić information content (AvgIpc) is 3.00. The summed E-state index contributed by atoms with van der Waals surface area (Å²) in [4.78, 5) is 38.3. The van der Waals surface area contributed by atoms with Gasteiger partial charge in [0, 0.05) is 26.5 Å². The van der Waals surface area contributed by atoms with E-state index in [9.17, 15) is 14.4 Å². The van der Waals surface area contributed by atoms with Gasteiger partial charge in [-0.25, -0.2) is 4.79 Å². The van der Waals surface area contributed by atoms with Crippen molar-refractivity contribution >= 4 is 40.3 Å². The third kappa shape index (κ3) is 2.93. The number of hydrogen-bond donors (Lipinski definition) is 1. The first-order valence-corrected chi connectivity index (χ1v) is 8.10. The quantitative estimate of drug-likeness (QED) is 0.825. The van der Waals surface area contributed by atoms with Gasteiger partial charge in [-0.1, -0.05) is 17.7 Å². The highest BCUT2D eigenvalue weighted by atomic mass is 35.5. The molecule has 1 aromatic carbocycles. The standard InChI is InChI=1S/C16H18ClN5O3/c1-20-12(15(24)21(2)16(20)25)7-13(23)18-8-10-14-9(17)5-4-6-11(14)22(3)19-10/h4-6,12H,7-8H2,1-3H3,(H,18,23)/t12-/m0/s1. The summed E-state index contributed by atoms with van der Waals surface area (Å²) in [7, 11) is 4.71. The molecule has 1 aromatic heterocycles. The highest BCUT2D eigenvalue weighted by Gasteiger charge is 2.41. The molecule has 1 N–H and O–H groups in total. The summed E-state index contributed by atoms with van der Waals surface area (Å²) in [5.74, 6) is -0.715. The molecule has 25 heavy (non-hydrogen) atoms. The van der Waals surface area contributed by atoms with Gasteiger partial charge >= 0.3 is 6.03 Å². The molecule has 2 heterocycles. The van der Waals surface area contributed by atoms with Crippen molar-refractivity contribution in [1.82, 2.24) is 24.9 Å². The number of fused-ring (bicyclic) bond motifs is 1. The van der Waals surface area contributed by atoms with E-state index in [1.165, 1.54) is 19.0 Å². The second-order valence-corrected chi connectivity index (χ2v) is 6.40. The smallest absolute Gasteiger partial charge is 0.326 e. The molecule has 2 aromatic rings. The number of likely N-dealkylation sites (N-methyl/N-ethyl adjacent to an activating group) is 2. The van der Waals surface area contributed by atoms with E-state index in [2.05, 4.69) is 10.4 Å². The van der Waals surface area contributed by atoms with Crippen LogP contribution in [-0.4, -0.2) is 57.6 Å². The maximum absolute atomic E-state index is 12.2. The van der Waals surface area contributed by atoms with Crippen LogP contribution in [0.15, 0.2) is 18.2 Å². The lowest BCUT2D eigenvalue weighted by molar-refractivity contribution is -0.131. The Labute approximate surface area is 149 Å². The Bertz CT molecular complexity index is 878. The Kier molecular flexibility index (Phi) is 4.38. The fraction of sp³-hybridized carbons (Fsp3) is 0.375. The van der Waals surface area contributed by atoms with Crippen LogP contribution in [0.4, 0.5) is 4.79 Å². The van der Waals surface area contributed by atoms with E-state index >= 15 is 0 Å². The first-order chi connectivity index (χ1) is 11.8. The molecule has 0 unspecified atom stereocenters. The zero-order valence-electron chi connectivity index (χ0n) is 14.1. The van der Waals surface area contributed by atoms with Crippen molar-refractivity contribution in [2.24, 2.45) is 7.05 Å². The zero-order chi connectivity index (χ0) is 18.3. The minimum absolute atomic E-state index is 0.0933. The molecule has 1 atom stereocenters. The second-order valence-electron chi connectivity index (χ2n) is 5.99.